The summed E-state index contributed by atoms with van der Waals surface area (Å²) in [6, 6.07) is 6.24. The molecule has 0 spiro atoms. The summed E-state index contributed by atoms with van der Waals surface area (Å²) >= 11 is 0. The molecule has 1 aromatic carbocycles. The number of aryl methyl sites for hydroxylation is 2. The lowest BCUT2D eigenvalue weighted by Gasteiger charge is -2.07. The Morgan fingerprint density at radius 1 is 1.05 bits per heavy atom. The lowest BCUT2D eigenvalue weighted by Crippen LogP contribution is -1.95. The Hall–Kier alpha value is -1.50. The van der Waals surface area contributed by atoms with E-state index in [9.17, 15) is 0 Å². The summed E-state index contributed by atoms with van der Waals surface area (Å²) in [5.74, 6) is 0.955. The minimum absolute atomic E-state index is 0.656. The molecule has 1 heteroatoms. The van der Waals surface area contributed by atoms with Crippen LogP contribution in [0.15, 0.2) is 41.5 Å². The lowest BCUT2D eigenvalue weighted by molar-refractivity contribution is 0.361. The summed E-state index contributed by atoms with van der Waals surface area (Å²) < 4.78 is 5.75. The van der Waals surface area contributed by atoms with Gasteiger partial charge in [-0.15, -0.1) is 0 Å². The monoisotopic (exact) mass is 258 g/mol. The smallest absolute Gasteiger partial charge is 0.120 e. The molecule has 0 aliphatic heterocycles. The number of allylic oxidation sites excluding steroid dienone is 3. The van der Waals surface area contributed by atoms with E-state index in [0.717, 1.165) is 18.6 Å². The highest BCUT2D eigenvalue weighted by Gasteiger charge is 1.96. The van der Waals surface area contributed by atoms with E-state index >= 15 is 0 Å². The Morgan fingerprint density at radius 2 is 1.79 bits per heavy atom. The van der Waals surface area contributed by atoms with Crippen LogP contribution in [-0.4, -0.2) is 6.61 Å². The van der Waals surface area contributed by atoms with E-state index in [4.69, 9.17) is 4.74 Å². The van der Waals surface area contributed by atoms with Crippen LogP contribution in [0.25, 0.3) is 0 Å². The Labute approximate surface area is 118 Å². The predicted octanol–water partition coefficient (Wildman–Crippen LogP) is 5.37. The molecule has 104 valence electrons. The van der Waals surface area contributed by atoms with Crippen LogP contribution >= 0.6 is 0 Å². The molecule has 0 amide bonds. The third-order valence-corrected chi connectivity index (χ3v) is 3.25. The quantitative estimate of drug-likeness (QED) is 0.623. The summed E-state index contributed by atoms with van der Waals surface area (Å²) in [5.41, 5.74) is 5.36. The molecule has 0 heterocycles. The third-order valence-electron chi connectivity index (χ3n) is 3.25. The summed E-state index contributed by atoms with van der Waals surface area (Å²) in [6.07, 6.45) is 6.69. The van der Waals surface area contributed by atoms with Crippen molar-refractivity contribution in [2.45, 2.75) is 47.5 Å². The minimum Gasteiger partial charge on any atom is -0.490 e. The molecule has 0 saturated carbocycles. The summed E-state index contributed by atoms with van der Waals surface area (Å²) in [4.78, 5) is 0. The van der Waals surface area contributed by atoms with Crippen molar-refractivity contribution in [3.05, 3.63) is 52.6 Å². The van der Waals surface area contributed by atoms with Crippen LogP contribution in [-0.2, 0) is 0 Å². The van der Waals surface area contributed by atoms with Crippen molar-refractivity contribution in [3.63, 3.8) is 0 Å². The van der Waals surface area contributed by atoms with Gasteiger partial charge in [-0.05, 0) is 76.8 Å². The van der Waals surface area contributed by atoms with Gasteiger partial charge in [-0.25, -0.2) is 0 Å². The zero-order valence-corrected chi connectivity index (χ0v) is 12.9. The van der Waals surface area contributed by atoms with Crippen molar-refractivity contribution in [1.82, 2.24) is 0 Å². The van der Waals surface area contributed by atoms with E-state index in [2.05, 4.69) is 58.9 Å². The summed E-state index contributed by atoms with van der Waals surface area (Å²) in [5, 5.41) is 0. The van der Waals surface area contributed by atoms with E-state index < -0.39 is 0 Å². The van der Waals surface area contributed by atoms with E-state index in [1.807, 2.05) is 6.07 Å². The van der Waals surface area contributed by atoms with Crippen LogP contribution < -0.4 is 4.74 Å². The van der Waals surface area contributed by atoms with Crippen LogP contribution in [0.4, 0.5) is 0 Å². The van der Waals surface area contributed by atoms with Crippen molar-refractivity contribution in [2.75, 3.05) is 6.61 Å². The predicted molar refractivity (Wildman–Crippen MR) is 83.8 cm³/mol. The van der Waals surface area contributed by atoms with Gasteiger partial charge in [0.2, 0.25) is 0 Å². The zero-order chi connectivity index (χ0) is 14.3. The first-order valence-corrected chi connectivity index (χ1v) is 6.98. The molecule has 0 radical (unpaired) electrons. The lowest BCUT2D eigenvalue weighted by atomic mass is 10.1. The molecule has 0 aromatic heterocycles. The van der Waals surface area contributed by atoms with E-state index in [1.54, 1.807) is 0 Å². The van der Waals surface area contributed by atoms with Gasteiger partial charge >= 0.3 is 0 Å². The van der Waals surface area contributed by atoms with Crippen molar-refractivity contribution < 1.29 is 4.74 Å². The molecule has 0 saturated heterocycles. The number of ether oxygens (including phenoxy) is 1. The molecule has 19 heavy (non-hydrogen) atoms. The molecule has 0 aliphatic carbocycles. The van der Waals surface area contributed by atoms with E-state index in [1.165, 1.54) is 22.3 Å². The molecular weight excluding hydrogens is 232 g/mol. The molecule has 1 aromatic rings. The SMILES string of the molecule is CC(C)=CCC/C(C)=C/COc1ccc(C)c(C)c1. The molecule has 0 fully saturated rings. The highest BCUT2D eigenvalue weighted by Crippen LogP contribution is 2.16. The number of rotatable bonds is 6. The van der Waals surface area contributed by atoms with Gasteiger partial charge in [0.1, 0.15) is 12.4 Å². The second kappa shape index (κ2) is 7.83. The van der Waals surface area contributed by atoms with Gasteiger partial charge in [0, 0.05) is 0 Å². The number of hydrogen-bond acceptors (Lipinski definition) is 1. The van der Waals surface area contributed by atoms with Crippen LogP contribution in [0, 0.1) is 13.8 Å². The standard InChI is InChI=1S/C18H26O/c1-14(2)7-6-8-15(3)11-12-19-18-10-9-16(4)17(5)13-18/h7,9-11,13H,6,8,12H2,1-5H3/b15-11+. The fourth-order valence-electron chi connectivity index (χ4n) is 1.77. The second-order valence-electron chi connectivity index (χ2n) is 5.43. The van der Waals surface area contributed by atoms with Gasteiger partial charge < -0.3 is 4.74 Å². The molecule has 1 nitrogen and oxygen atoms in total. The Kier molecular flexibility index (Phi) is 6.41. The summed E-state index contributed by atoms with van der Waals surface area (Å²) in [7, 11) is 0. The van der Waals surface area contributed by atoms with Gasteiger partial charge in [0.15, 0.2) is 0 Å². The molecule has 0 aliphatic rings. The maximum absolute atomic E-state index is 5.75. The van der Waals surface area contributed by atoms with Crippen LogP contribution in [0.2, 0.25) is 0 Å². The van der Waals surface area contributed by atoms with Crippen molar-refractivity contribution in [3.8, 4) is 5.75 Å². The molecule has 1 rings (SSSR count). The third kappa shape index (κ3) is 6.28. The first-order valence-electron chi connectivity index (χ1n) is 6.98. The molecule has 0 bridgehead atoms. The number of benzene rings is 1. The molecule has 0 atom stereocenters. The van der Waals surface area contributed by atoms with Crippen molar-refractivity contribution >= 4 is 0 Å². The Balaban J connectivity index is 2.39. The fourth-order valence-corrected chi connectivity index (χ4v) is 1.77. The average Bonchev–Trinajstić information content (AvgIpc) is 2.33. The highest BCUT2D eigenvalue weighted by atomic mass is 16.5. The zero-order valence-electron chi connectivity index (χ0n) is 12.9. The molecule has 0 unspecified atom stereocenters. The van der Waals surface area contributed by atoms with Crippen molar-refractivity contribution in [2.24, 2.45) is 0 Å². The number of hydrogen-bond donors (Lipinski definition) is 0. The Bertz CT molecular complexity index is 463. The molecular formula is C18H26O. The van der Waals surface area contributed by atoms with Crippen LogP contribution in [0.5, 0.6) is 5.75 Å². The maximum Gasteiger partial charge on any atom is 0.120 e. The van der Waals surface area contributed by atoms with Crippen LogP contribution in [0.3, 0.4) is 0 Å². The van der Waals surface area contributed by atoms with E-state index in [-0.39, 0.29) is 0 Å². The average molecular weight is 258 g/mol. The van der Waals surface area contributed by atoms with Gasteiger partial charge in [0.25, 0.3) is 0 Å². The maximum atomic E-state index is 5.75. The second-order valence-corrected chi connectivity index (χ2v) is 5.43. The van der Waals surface area contributed by atoms with Gasteiger partial charge in [-0.3, -0.25) is 0 Å². The fraction of sp³-hybridized carbons (Fsp3) is 0.444. The van der Waals surface area contributed by atoms with Gasteiger partial charge in [-0.2, -0.15) is 0 Å². The first-order chi connectivity index (χ1) is 8.99. The first kappa shape index (κ1) is 15.6. The van der Waals surface area contributed by atoms with Crippen LogP contribution in [0.1, 0.15) is 44.7 Å². The van der Waals surface area contributed by atoms with Gasteiger partial charge in [-0.1, -0.05) is 23.3 Å². The Morgan fingerprint density at radius 3 is 2.42 bits per heavy atom. The summed E-state index contributed by atoms with van der Waals surface area (Å²) in [6.45, 7) is 11.3. The van der Waals surface area contributed by atoms with Gasteiger partial charge in [0.05, 0.1) is 0 Å². The van der Waals surface area contributed by atoms with Crippen molar-refractivity contribution in [1.29, 1.82) is 0 Å². The normalized spacial score (nSPS) is 11.3. The minimum atomic E-state index is 0.656. The molecule has 0 N–H and O–H groups in total. The van der Waals surface area contributed by atoms with E-state index in [0.29, 0.717) is 6.61 Å². The highest BCUT2D eigenvalue weighted by molar-refractivity contribution is 5.33. The largest absolute Gasteiger partial charge is 0.490 e. The topological polar surface area (TPSA) is 9.23 Å².